The van der Waals surface area contributed by atoms with E-state index in [1.165, 1.54) is 16.8 Å². The quantitative estimate of drug-likeness (QED) is 0.543. The summed E-state index contributed by atoms with van der Waals surface area (Å²) in [4.78, 5) is 23.9. The Morgan fingerprint density at radius 1 is 0.909 bits per heavy atom. The third kappa shape index (κ3) is 4.64. The van der Waals surface area contributed by atoms with E-state index in [4.69, 9.17) is 4.98 Å². The molecule has 0 aliphatic carbocycles. The number of anilines is 2. The van der Waals surface area contributed by atoms with Gasteiger partial charge in [-0.1, -0.05) is 29.5 Å². The molecule has 2 aliphatic heterocycles. The molecule has 0 bridgehead atoms. The molecule has 174 valence electrons. The van der Waals surface area contributed by atoms with Gasteiger partial charge >= 0.3 is 6.18 Å². The number of nitrogens with zero attached hydrogens (tertiary/aromatic N) is 4. The lowest BCUT2D eigenvalue weighted by Gasteiger charge is -2.39. The summed E-state index contributed by atoms with van der Waals surface area (Å²) in [6, 6.07) is 13.5. The number of rotatable bonds is 3. The van der Waals surface area contributed by atoms with Crippen LogP contribution in [0.1, 0.15) is 18.4 Å². The standard InChI is InChI=1S/C24H25F3N4OS/c25-24(26,27)18-4-3-5-19(16-18)29-12-14-30(15-13-29)22(32)17-8-10-31(11-9-17)23-28-20-6-1-2-7-21(20)33-23/h1-7,16-17H,8-15H2. The normalized spacial score (nSPS) is 18.2. The van der Waals surface area contributed by atoms with Crippen LogP contribution in [-0.2, 0) is 11.0 Å². The van der Waals surface area contributed by atoms with Crippen molar-refractivity contribution < 1.29 is 18.0 Å². The van der Waals surface area contributed by atoms with Gasteiger partial charge < -0.3 is 14.7 Å². The zero-order chi connectivity index (χ0) is 23.0. The van der Waals surface area contributed by atoms with Crippen LogP contribution >= 0.6 is 11.3 Å². The summed E-state index contributed by atoms with van der Waals surface area (Å²) in [6.45, 7) is 3.76. The maximum absolute atomic E-state index is 13.1. The first-order valence-corrected chi connectivity index (χ1v) is 12.0. The number of halogens is 3. The predicted molar refractivity (Wildman–Crippen MR) is 125 cm³/mol. The van der Waals surface area contributed by atoms with E-state index < -0.39 is 11.7 Å². The first-order valence-electron chi connectivity index (χ1n) is 11.2. The van der Waals surface area contributed by atoms with Gasteiger partial charge in [-0.25, -0.2) is 4.98 Å². The molecular formula is C24H25F3N4OS. The van der Waals surface area contributed by atoms with Gasteiger partial charge in [0.1, 0.15) is 0 Å². The number of hydrogen-bond donors (Lipinski definition) is 0. The van der Waals surface area contributed by atoms with Crippen LogP contribution in [0.3, 0.4) is 0 Å². The monoisotopic (exact) mass is 474 g/mol. The summed E-state index contributed by atoms with van der Waals surface area (Å²) in [5.41, 5.74) is 0.925. The average molecular weight is 475 g/mol. The van der Waals surface area contributed by atoms with Crippen LogP contribution in [0.15, 0.2) is 48.5 Å². The fourth-order valence-electron chi connectivity index (χ4n) is 4.64. The van der Waals surface area contributed by atoms with Crippen LogP contribution in [0.4, 0.5) is 24.0 Å². The highest BCUT2D eigenvalue weighted by atomic mass is 32.1. The minimum absolute atomic E-state index is 0.00395. The zero-order valence-corrected chi connectivity index (χ0v) is 18.9. The van der Waals surface area contributed by atoms with E-state index in [-0.39, 0.29) is 11.8 Å². The number of fused-ring (bicyclic) bond motifs is 1. The van der Waals surface area contributed by atoms with Gasteiger partial charge in [-0.2, -0.15) is 13.2 Å². The third-order valence-corrected chi connectivity index (χ3v) is 7.62. The van der Waals surface area contributed by atoms with Gasteiger partial charge in [0.05, 0.1) is 15.8 Å². The van der Waals surface area contributed by atoms with Crippen molar-refractivity contribution in [3.8, 4) is 0 Å². The molecule has 0 radical (unpaired) electrons. The molecule has 5 rings (SSSR count). The SMILES string of the molecule is O=C(C1CCN(c2nc3ccccc3s2)CC1)N1CCN(c2cccc(C(F)(F)F)c2)CC1. The van der Waals surface area contributed by atoms with Crippen molar-refractivity contribution in [1.29, 1.82) is 0 Å². The Labute approximate surface area is 194 Å². The second kappa shape index (κ2) is 8.85. The van der Waals surface area contributed by atoms with Gasteiger partial charge in [0.25, 0.3) is 0 Å². The summed E-state index contributed by atoms with van der Waals surface area (Å²) in [5, 5.41) is 1.01. The molecule has 1 aromatic heterocycles. The minimum Gasteiger partial charge on any atom is -0.368 e. The van der Waals surface area contributed by atoms with Crippen molar-refractivity contribution in [2.45, 2.75) is 19.0 Å². The molecule has 2 aromatic carbocycles. The lowest BCUT2D eigenvalue weighted by Crippen LogP contribution is -2.51. The van der Waals surface area contributed by atoms with Crippen LogP contribution in [-0.4, -0.2) is 55.1 Å². The molecular weight excluding hydrogens is 449 g/mol. The first kappa shape index (κ1) is 22.0. The number of piperidine rings is 1. The smallest absolute Gasteiger partial charge is 0.368 e. The number of carbonyl (C=O) groups is 1. The molecule has 2 aliphatic rings. The number of hydrogen-bond acceptors (Lipinski definition) is 5. The lowest BCUT2D eigenvalue weighted by molar-refractivity contribution is -0.137. The second-order valence-corrected chi connectivity index (χ2v) is 9.60. The molecule has 1 amide bonds. The van der Waals surface area contributed by atoms with Gasteiger partial charge in [0.15, 0.2) is 5.13 Å². The van der Waals surface area contributed by atoms with Gasteiger partial charge in [-0.05, 0) is 43.2 Å². The van der Waals surface area contributed by atoms with Crippen molar-refractivity contribution in [3.05, 3.63) is 54.1 Å². The van der Waals surface area contributed by atoms with Crippen LogP contribution < -0.4 is 9.80 Å². The number of thiazole rings is 1. The number of alkyl halides is 3. The summed E-state index contributed by atoms with van der Waals surface area (Å²) < 4.78 is 40.2. The van der Waals surface area contributed by atoms with Gasteiger partial charge in [-0.3, -0.25) is 4.79 Å². The van der Waals surface area contributed by atoms with E-state index >= 15 is 0 Å². The molecule has 0 N–H and O–H groups in total. The van der Waals surface area contributed by atoms with E-state index in [1.54, 1.807) is 17.4 Å². The van der Waals surface area contributed by atoms with Crippen LogP contribution in [0.25, 0.3) is 10.2 Å². The first-order chi connectivity index (χ1) is 15.9. The molecule has 9 heteroatoms. The van der Waals surface area contributed by atoms with Crippen molar-refractivity contribution >= 4 is 38.3 Å². The number of benzene rings is 2. The molecule has 0 saturated carbocycles. The summed E-state index contributed by atoms with van der Waals surface area (Å²) in [5.74, 6) is 0.165. The number of amides is 1. The Morgan fingerprint density at radius 2 is 1.64 bits per heavy atom. The maximum atomic E-state index is 13.1. The molecule has 2 fully saturated rings. The lowest BCUT2D eigenvalue weighted by atomic mass is 9.95. The summed E-state index contributed by atoms with van der Waals surface area (Å²) in [6.07, 6.45) is -2.76. The maximum Gasteiger partial charge on any atom is 0.416 e. The Balaban J connectivity index is 1.15. The average Bonchev–Trinajstić information content (AvgIpc) is 3.28. The highest BCUT2D eigenvalue weighted by Crippen LogP contribution is 2.33. The molecule has 33 heavy (non-hydrogen) atoms. The Bertz CT molecular complexity index is 1100. The van der Waals surface area contributed by atoms with E-state index in [0.29, 0.717) is 31.9 Å². The van der Waals surface area contributed by atoms with Crippen molar-refractivity contribution in [3.63, 3.8) is 0 Å². The summed E-state index contributed by atoms with van der Waals surface area (Å²) in [7, 11) is 0. The number of piperazine rings is 1. The van der Waals surface area contributed by atoms with Gasteiger partial charge in [-0.15, -0.1) is 0 Å². The van der Waals surface area contributed by atoms with Gasteiger partial charge in [0.2, 0.25) is 5.91 Å². The van der Waals surface area contributed by atoms with E-state index in [2.05, 4.69) is 11.0 Å². The number of para-hydroxylation sites is 1. The largest absolute Gasteiger partial charge is 0.416 e. The fourth-order valence-corrected chi connectivity index (χ4v) is 5.65. The molecule has 5 nitrogen and oxygen atoms in total. The van der Waals surface area contributed by atoms with Crippen LogP contribution in [0.2, 0.25) is 0 Å². The highest BCUT2D eigenvalue weighted by Gasteiger charge is 2.33. The van der Waals surface area contributed by atoms with Crippen LogP contribution in [0, 0.1) is 5.92 Å². The Kier molecular flexibility index (Phi) is 5.90. The predicted octanol–water partition coefficient (Wildman–Crippen LogP) is 4.88. The zero-order valence-electron chi connectivity index (χ0n) is 18.1. The third-order valence-electron chi connectivity index (χ3n) is 6.53. The second-order valence-electron chi connectivity index (χ2n) is 8.59. The summed E-state index contributed by atoms with van der Waals surface area (Å²) >= 11 is 1.69. The Hall–Kier alpha value is -2.81. The van der Waals surface area contributed by atoms with E-state index in [1.807, 2.05) is 28.0 Å². The highest BCUT2D eigenvalue weighted by molar-refractivity contribution is 7.22. The molecule has 3 aromatic rings. The van der Waals surface area contributed by atoms with Crippen molar-refractivity contribution in [2.75, 3.05) is 49.1 Å². The number of carbonyl (C=O) groups excluding carboxylic acids is 1. The topological polar surface area (TPSA) is 39.7 Å². The number of aromatic nitrogens is 1. The van der Waals surface area contributed by atoms with Crippen LogP contribution in [0.5, 0.6) is 0 Å². The van der Waals surface area contributed by atoms with E-state index in [9.17, 15) is 18.0 Å². The molecule has 2 saturated heterocycles. The minimum atomic E-state index is -4.35. The van der Waals surface area contributed by atoms with Crippen molar-refractivity contribution in [2.24, 2.45) is 5.92 Å². The van der Waals surface area contributed by atoms with Gasteiger partial charge in [0, 0.05) is 50.9 Å². The van der Waals surface area contributed by atoms with Crippen molar-refractivity contribution in [1.82, 2.24) is 9.88 Å². The van der Waals surface area contributed by atoms with E-state index in [0.717, 1.165) is 42.6 Å². The molecule has 0 unspecified atom stereocenters. The fraction of sp³-hybridized carbons (Fsp3) is 0.417. The molecule has 0 atom stereocenters. The molecule has 3 heterocycles. The Morgan fingerprint density at radius 3 is 2.33 bits per heavy atom. The molecule has 0 spiro atoms.